The third-order valence-corrected chi connectivity index (χ3v) is 8.06. The van der Waals surface area contributed by atoms with E-state index in [2.05, 4.69) is 46.0 Å². The molecule has 1 saturated heterocycles. The van der Waals surface area contributed by atoms with E-state index < -0.39 is 0 Å². The fraction of sp³-hybridized carbons (Fsp3) is 0.323. The van der Waals surface area contributed by atoms with Gasteiger partial charge in [0, 0.05) is 50.2 Å². The summed E-state index contributed by atoms with van der Waals surface area (Å²) in [7, 11) is 0. The standard InChI is InChI=1S/C31H32N4O4/c36-31(33-17-14-24(15-18-33)21-23-5-2-1-3-6-23)29-13-12-27(39-29)22-34-20-19-32-16-4-7-28(32)30(34)25-8-10-26(11-9-25)35(37)38/h1-13,16,24,30H,14-15,17-22H2. The number of nitrogens with zero attached hydrogens (tertiary/aromatic N) is 4. The molecule has 39 heavy (non-hydrogen) atoms. The Hall–Kier alpha value is -4.17. The first-order chi connectivity index (χ1) is 19.0. The van der Waals surface area contributed by atoms with Crippen molar-refractivity contribution < 1.29 is 14.1 Å². The molecule has 1 fully saturated rings. The summed E-state index contributed by atoms with van der Waals surface area (Å²) in [6.45, 7) is 3.67. The number of hydrogen-bond acceptors (Lipinski definition) is 5. The van der Waals surface area contributed by atoms with Gasteiger partial charge in [-0.1, -0.05) is 42.5 Å². The number of benzene rings is 2. The Morgan fingerprint density at radius 2 is 1.67 bits per heavy atom. The number of aromatic nitrogens is 1. The van der Waals surface area contributed by atoms with Crippen molar-refractivity contribution in [1.29, 1.82) is 0 Å². The number of carbonyl (C=O) groups is 1. The van der Waals surface area contributed by atoms with Gasteiger partial charge in [-0.2, -0.15) is 0 Å². The fourth-order valence-corrected chi connectivity index (χ4v) is 5.98. The Balaban J connectivity index is 1.12. The van der Waals surface area contributed by atoms with Gasteiger partial charge < -0.3 is 13.9 Å². The molecule has 0 saturated carbocycles. The average Bonchev–Trinajstić information content (AvgIpc) is 3.64. The number of non-ortho nitro benzene ring substituents is 1. The summed E-state index contributed by atoms with van der Waals surface area (Å²) >= 11 is 0. The zero-order valence-electron chi connectivity index (χ0n) is 21.8. The van der Waals surface area contributed by atoms with E-state index in [1.54, 1.807) is 18.2 Å². The highest BCUT2D eigenvalue weighted by molar-refractivity contribution is 5.91. The summed E-state index contributed by atoms with van der Waals surface area (Å²) < 4.78 is 8.32. The molecule has 200 valence electrons. The number of furan rings is 1. The zero-order valence-corrected chi connectivity index (χ0v) is 21.8. The van der Waals surface area contributed by atoms with E-state index in [1.165, 1.54) is 5.56 Å². The summed E-state index contributed by atoms with van der Waals surface area (Å²) in [5.74, 6) is 1.68. The quantitative estimate of drug-likeness (QED) is 0.229. The number of nitro groups is 1. The van der Waals surface area contributed by atoms with Gasteiger partial charge in [0.2, 0.25) is 0 Å². The Labute approximate surface area is 227 Å². The molecule has 6 rings (SSSR count). The van der Waals surface area contributed by atoms with Gasteiger partial charge in [-0.15, -0.1) is 0 Å². The lowest BCUT2D eigenvalue weighted by Crippen LogP contribution is -2.38. The maximum absolute atomic E-state index is 13.2. The molecule has 0 bridgehead atoms. The van der Waals surface area contributed by atoms with Crippen LogP contribution in [0, 0.1) is 16.0 Å². The molecule has 8 nitrogen and oxygen atoms in total. The third kappa shape index (κ3) is 5.38. The molecule has 8 heteroatoms. The predicted molar refractivity (Wildman–Crippen MR) is 147 cm³/mol. The van der Waals surface area contributed by atoms with Gasteiger partial charge in [-0.25, -0.2) is 0 Å². The monoisotopic (exact) mass is 524 g/mol. The Bertz CT molecular complexity index is 1430. The molecule has 0 spiro atoms. The lowest BCUT2D eigenvalue weighted by atomic mass is 9.90. The lowest BCUT2D eigenvalue weighted by molar-refractivity contribution is -0.384. The number of rotatable bonds is 7. The van der Waals surface area contributed by atoms with Crippen molar-refractivity contribution in [2.24, 2.45) is 5.92 Å². The first kappa shape index (κ1) is 25.1. The number of hydrogen-bond donors (Lipinski definition) is 0. The summed E-state index contributed by atoms with van der Waals surface area (Å²) in [5, 5.41) is 11.2. The molecule has 2 aromatic heterocycles. The van der Waals surface area contributed by atoms with Crippen LogP contribution in [0.15, 0.2) is 89.5 Å². The van der Waals surface area contributed by atoms with Gasteiger partial charge in [0.25, 0.3) is 11.6 Å². The SMILES string of the molecule is O=C(c1ccc(CN2CCn3cccc3C2c2ccc([N+](=O)[O-])cc2)o1)N1CCC(Cc2ccccc2)CC1. The van der Waals surface area contributed by atoms with Crippen LogP contribution in [0.5, 0.6) is 0 Å². The number of fused-ring (bicyclic) bond motifs is 1. The second kappa shape index (κ2) is 10.9. The molecule has 1 atom stereocenters. The molecular weight excluding hydrogens is 492 g/mol. The smallest absolute Gasteiger partial charge is 0.289 e. The van der Waals surface area contributed by atoms with Crippen molar-refractivity contribution in [1.82, 2.24) is 14.4 Å². The van der Waals surface area contributed by atoms with E-state index in [4.69, 9.17) is 4.42 Å². The maximum Gasteiger partial charge on any atom is 0.289 e. The van der Waals surface area contributed by atoms with Crippen molar-refractivity contribution in [2.75, 3.05) is 19.6 Å². The molecule has 2 aromatic carbocycles. The highest BCUT2D eigenvalue weighted by Gasteiger charge is 2.31. The molecule has 4 heterocycles. The van der Waals surface area contributed by atoms with Gasteiger partial charge in [-0.05, 0) is 60.6 Å². The van der Waals surface area contributed by atoms with Gasteiger partial charge in [-0.3, -0.25) is 19.8 Å². The topological polar surface area (TPSA) is 84.8 Å². The second-order valence-corrected chi connectivity index (χ2v) is 10.5. The van der Waals surface area contributed by atoms with Crippen LogP contribution < -0.4 is 0 Å². The Morgan fingerprint density at radius 1 is 0.897 bits per heavy atom. The first-order valence-corrected chi connectivity index (χ1v) is 13.6. The molecule has 1 amide bonds. The molecule has 4 aromatic rings. The van der Waals surface area contributed by atoms with E-state index in [1.807, 2.05) is 35.2 Å². The minimum absolute atomic E-state index is 0.0427. The highest BCUT2D eigenvalue weighted by Crippen LogP contribution is 2.34. The van der Waals surface area contributed by atoms with Crippen LogP contribution in [-0.4, -0.2) is 44.8 Å². The van der Waals surface area contributed by atoms with E-state index in [-0.39, 0.29) is 22.6 Å². The maximum atomic E-state index is 13.2. The molecule has 0 radical (unpaired) electrons. The second-order valence-electron chi connectivity index (χ2n) is 10.5. The van der Waals surface area contributed by atoms with Crippen LogP contribution in [0.25, 0.3) is 0 Å². The number of nitro benzene ring substituents is 1. The molecule has 2 aliphatic heterocycles. The van der Waals surface area contributed by atoms with Gasteiger partial charge in [0.15, 0.2) is 5.76 Å². The summed E-state index contributed by atoms with van der Waals surface area (Å²) in [4.78, 5) is 28.2. The van der Waals surface area contributed by atoms with Gasteiger partial charge in [0.05, 0.1) is 17.5 Å². The van der Waals surface area contributed by atoms with E-state index in [9.17, 15) is 14.9 Å². The van der Waals surface area contributed by atoms with Crippen LogP contribution in [0.2, 0.25) is 0 Å². The van der Waals surface area contributed by atoms with Crippen LogP contribution in [-0.2, 0) is 19.5 Å². The molecular formula is C31H32N4O4. The number of likely N-dealkylation sites (tertiary alicyclic amines) is 1. The zero-order chi connectivity index (χ0) is 26.8. The Morgan fingerprint density at radius 3 is 2.41 bits per heavy atom. The van der Waals surface area contributed by atoms with Crippen molar-refractivity contribution in [3.05, 3.63) is 124 Å². The van der Waals surface area contributed by atoms with E-state index in [0.717, 1.165) is 62.5 Å². The van der Waals surface area contributed by atoms with E-state index in [0.29, 0.717) is 18.2 Å². The lowest BCUT2D eigenvalue weighted by Gasteiger charge is -2.36. The first-order valence-electron chi connectivity index (χ1n) is 13.6. The van der Waals surface area contributed by atoms with E-state index >= 15 is 0 Å². The summed E-state index contributed by atoms with van der Waals surface area (Å²) in [5.41, 5.74) is 3.56. The highest BCUT2D eigenvalue weighted by atomic mass is 16.6. The van der Waals surface area contributed by atoms with Gasteiger partial charge in [0.1, 0.15) is 5.76 Å². The van der Waals surface area contributed by atoms with Crippen LogP contribution >= 0.6 is 0 Å². The van der Waals surface area contributed by atoms with Crippen LogP contribution in [0.4, 0.5) is 5.69 Å². The number of amides is 1. The van der Waals surface area contributed by atoms with Crippen molar-refractivity contribution in [3.63, 3.8) is 0 Å². The normalized spacial score (nSPS) is 18.2. The molecule has 0 aliphatic carbocycles. The largest absolute Gasteiger partial charge is 0.455 e. The molecule has 2 aliphatic rings. The van der Waals surface area contributed by atoms with Crippen molar-refractivity contribution in [2.45, 2.75) is 38.4 Å². The minimum atomic E-state index is -0.377. The van der Waals surface area contributed by atoms with Crippen LogP contribution in [0.3, 0.4) is 0 Å². The Kier molecular flexibility index (Phi) is 7.02. The summed E-state index contributed by atoms with van der Waals surface area (Å²) in [6, 6.07) is 25.1. The molecule has 1 unspecified atom stereocenters. The summed E-state index contributed by atoms with van der Waals surface area (Å²) in [6.07, 6.45) is 5.12. The minimum Gasteiger partial charge on any atom is -0.455 e. The van der Waals surface area contributed by atoms with Crippen LogP contribution in [0.1, 0.15) is 52.0 Å². The third-order valence-electron chi connectivity index (χ3n) is 8.06. The van der Waals surface area contributed by atoms with Gasteiger partial charge >= 0.3 is 0 Å². The predicted octanol–water partition coefficient (Wildman–Crippen LogP) is 5.69. The number of carbonyl (C=O) groups excluding carboxylic acids is 1. The van der Waals surface area contributed by atoms with Crippen molar-refractivity contribution in [3.8, 4) is 0 Å². The fourth-order valence-electron chi connectivity index (χ4n) is 5.98. The average molecular weight is 525 g/mol. The number of piperidine rings is 1. The van der Waals surface area contributed by atoms with Crippen molar-refractivity contribution >= 4 is 11.6 Å². The molecule has 0 N–H and O–H groups in total.